The van der Waals surface area contributed by atoms with Crippen LogP contribution in [0.1, 0.15) is 17.9 Å². The molecular formula is C13H14BrNO2S. The number of anilines is 1. The lowest BCUT2D eigenvalue weighted by molar-refractivity contribution is -0.140. The van der Waals surface area contributed by atoms with Crippen molar-refractivity contribution in [3.05, 3.63) is 28.2 Å². The average Bonchev–Trinajstić information content (AvgIpc) is 2.35. The number of benzene rings is 1. The Bertz CT molecular complexity index is 494. The summed E-state index contributed by atoms with van der Waals surface area (Å²) in [6.07, 6.45) is 1.05. The van der Waals surface area contributed by atoms with Crippen LogP contribution < -0.4 is 5.32 Å². The first kappa shape index (κ1) is 12.4. The summed E-state index contributed by atoms with van der Waals surface area (Å²) in [6.45, 7) is 0. The zero-order valence-corrected chi connectivity index (χ0v) is 12.1. The molecule has 3 rings (SSSR count). The Morgan fingerprint density at radius 1 is 1.50 bits per heavy atom. The summed E-state index contributed by atoms with van der Waals surface area (Å²) in [5.74, 6) is 1.19. The van der Waals surface area contributed by atoms with Gasteiger partial charge in [0, 0.05) is 22.1 Å². The molecule has 2 N–H and O–H groups in total. The number of carboxylic acids is 1. The van der Waals surface area contributed by atoms with Crippen LogP contribution in [0.5, 0.6) is 0 Å². The predicted octanol–water partition coefficient (Wildman–Crippen LogP) is 3.16. The van der Waals surface area contributed by atoms with E-state index in [0.717, 1.165) is 33.7 Å². The smallest absolute Gasteiger partial charge is 0.311 e. The molecule has 2 heterocycles. The third-order valence-electron chi connectivity index (χ3n) is 3.79. The number of thioether (sulfide) groups is 1. The number of fused-ring (bicyclic) bond motifs is 2. The SMILES string of the molecule is O=C(O)C1c2ccc(Br)cc2NC2CCSCC21. The minimum Gasteiger partial charge on any atom is -0.481 e. The quantitative estimate of drug-likeness (QED) is 0.831. The Labute approximate surface area is 118 Å². The second-order valence-electron chi connectivity index (χ2n) is 4.83. The van der Waals surface area contributed by atoms with Gasteiger partial charge in [-0.3, -0.25) is 4.79 Å². The molecule has 1 aromatic carbocycles. The van der Waals surface area contributed by atoms with Crippen molar-refractivity contribution >= 4 is 39.3 Å². The molecule has 2 aliphatic heterocycles. The minimum absolute atomic E-state index is 0.204. The fraction of sp³-hybridized carbons (Fsp3) is 0.462. The van der Waals surface area contributed by atoms with Gasteiger partial charge in [0.1, 0.15) is 0 Å². The lowest BCUT2D eigenvalue weighted by Crippen LogP contribution is -2.44. The van der Waals surface area contributed by atoms with E-state index in [9.17, 15) is 9.90 Å². The van der Waals surface area contributed by atoms with Crippen molar-refractivity contribution in [3.63, 3.8) is 0 Å². The van der Waals surface area contributed by atoms with Crippen LogP contribution in [-0.4, -0.2) is 28.6 Å². The highest BCUT2D eigenvalue weighted by Crippen LogP contribution is 2.44. The monoisotopic (exact) mass is 327 g/mol. The summed E-state index contributed by atoms with van der Waals surface area (Å²) in [7, 11) is 0. The molecule has 0 radical (unpaired) electrons. The zero-order chi connectivity index (χ0) is 12.7. The van der Waals surface area contributed by atoms with E-state index in [1.807, 2.05) is 30.0 Å². The molecular weight excluding hydrogens is 314 g/mol. The Morgan fingerprint density at radius 2 is 2.33 bits per heavy atom. The Kier molecular flexibility index (Phi) is 3.28. The topological polar surface area (TPSA) is 49.3 Å². The summed E-state index contributed by atoms with van der Waals surface area (Å²) in [6, 6.07) is 6.14. The van der Waals surface area contributed by atoms with E-state index in [-0.39, 0.29) is 11.8 Å². The van der Waals surface area contributed by atoms with Crippen LogP contribution in [0.15, 0.2) is 22.7 Å². The van der Waals surface area contributed by atoms with E-state index in [2.05, 4.69) is 21.2 Å². The standard InChI is InChI=1S/C13H14BrNO2S/c14-7-1-2-8-11(5-7)15-10-3-4-18-6-9(10)12(8)13(16)17/h1-2,5,9-10,12,15H,3-4,6H2,(H,16,17). The lowest BCUT2D eigenvalue weighted by atomic mass is 9.77. The zero-order valence-electron chi connectivity index (χ0n) is 9.73. The van der Waals surface area contributed by atoms with Crippen LogP contribution in [-0.2, 0) is 4.79 Å². The summed E-state index contributed by atoms with van der Waals surface area (Å²) >= 11 is 5.31. The van der Waals surface area contributed by atoms with E-state index in [4.69, 9.17) is 0 Å². The van der Waals surface area contributed by atoms with Crippen molar-refractivity contribution in [2.75, 3.05) is 16.8 Å². The molecule has 0 aromatic heterocycles. The number of nitrogens with one attached hydrogen (secondary N) is 1. The highest BCUT2D eigenvalue weighted by atomic mass is 79.9. The van der Waals surface area contributed by atoms with Crippen molar-refractivity contribution < 1.29 is 9.90 Å². The number of carboxylic acid groups (broad SMARTS) is 1. The van der Waals surface area contributed by atoms with E-state index >= 15 is 0 Å². The van der Waals surface area contributed by atoms with Crippen molar-refractivity contribution in [2.24, 2.45) is 5.92 Å². The summed E-state index contributed by atoms with van der Waals surface area (Å²) < 4.78 is 0.988. The molecule has 1 fully saturated rings. The van der Waals surface area contributed by atoms with E-state index in [1.165, 1.54) is 0 Å². The molecule has 0 bridgehead atoms. The third kappa shape index (κ3) is 2.03. The Hall–Kier alpha value is -0.680. The fourth-order valence-electron chi connectivity index (χ4n) is 2.94. The molecule has 0 saturated carbocycles. The van der Waals surface area contributed by atoms with Gasteiger partial charge in [-0.05, 0) is 35.6 Å². The van der Waals surface area contributed by atoms with Crippen LogP contribution >= 0.6 is 27.7 Å². The van der Waals surface area contributed by atoms with Crippen molar-refractivity contribution in [1.82, 2.24) is 0 Å². The molecule has 0 amide bonds. The van der Waals surface area contributed by atoms with Gasteiger partial charge < -0.3 is 10.4 Å². The van der Waals surface area contributed by atoms with Gasteiger partial charge in [-0.2, -0.15) is 11.8 Å². The molecule has 18 heavy (non-hydrogen) atoms. The molecule has 3 unspecified atom stereocenters. The number of halogens is 1. The van der Waals surface area contributed by atoms with Gasteiger partial charge in [0.25, 0.3) is 0 Å². The van der Waals surface area contributed by atoms with Gasteiger partial charge in [-0.25, -0.2) is 0 Å². The van der Waals surface area contributed by atoms with E-state index in [1.54, 1.807) is 0 Å². The van der Waals surface area contributed by atoms with Gasteiger partial charge >= 0.3 is 5.97 Å². The van der Waals surface area contributed by atoms with Crippen LogP contribution in [0, 0.1) is 5.92 Å². The summed E-state index contributed by atoms with van der Waals surface area (Å²) in [5, 5.41) is 13.1. The molecule has 5 heteroatoms. The molecule has 0 spiro atoms. The molecule has 2 aliphatic rings. The van der Waals surface area contributed by atoms with Gasteiger partial charge in [-0.15, -0.1) is 0 Å². The van der Waals surface area contributed by atoms with E-state index in [0.29, 0.717) is 6.04 Å². The number of carbonyl (C=O) groups is 1. The number of aliphatic carboxylic acids is 1. The normalized spacial score (nSPS) is 29.9. The predicted molar refractivity (Wildman–Crippen MR) is 77.4 cm³/mol. The van der Waals surface area contributed by atoms with Gasteiger partial charge in [-0.1, -0.05) is 22.0 Å². The molecule has 1 saturated heterocycles. The Morgan fingerprint density at radius 3 is 3.11 bits per heavy atom. The second kappa shape index (κ2) is 4.78. The van der Waals surface area contributed by atoms with Gasteiger partial charge in [0.2, 0.25) is 0 Å². The van der Waals surface area contributed by atoms with Crippen LogP contribution in [0.4, 0.5) is 5.69 Å². The Balaban J connectivity index is 2.06. The van der Waals surface area contributed by atoms with Crippen molar-refractivity contribution in [1.29, 1.82) is 0 Å². The maximum atomic E-state index is 11.6. The summed E-state index contributed by atoms with van der Waals surface area (Å²) in [4.78, 5) is 11.6. The lowest BCUT2D eigenvalue weighted by Gasteiger charge is -2.41. The average molecular weight is 328 g/mol. The van der Waals surface area contributed by atoms with Crippen LogP contribution in [0.3, 0.4) is 0 Å². The first-order chi connectivity index (χ1) is 8.66. The van der Waals surface area contributed by atoms with Crippen molar-refractivity contribution in [2.45, 2.75) is 18.4 Å². The van der Waals surface area contributed by atoms with Gasteiger partial charge in [0.15, 0.2) is 0 Å². The minimum atomic E-state index is -0.697. The number of rotatable bonds is 1. The highest BCUT2D eigenvalue weighted by Gasteiger charge is 2.41. The second-order valence-corrected chi connectivity index (χ2v) is 6.89. The first-order valence-corrected chi connectivity index (χ1v) is 7.98. The largest absolute Gasteiger partial charge is 0.481 e. The number of hydrogen-bond donors (Lipinski definition) is 2. The molecule has 1 aromatic rings. The molecule has 3 nitrogen and oxygen atoms in total. The maximum absolute atomic E-state index is 11.6. The van der Waals surface area contributed by atoms with Gasteiger partial charge in [0.05, 0.1) is 5.92 Å². The third-order valence-corrected chi connectivity index (χ3v) is 5.42. The molecule has 3 atom stereocenters. The molecule has 0 aliphatic carbocycles. The maximum Gasteiger partial charge on any atom is 0.311 e. The fourth-order valence-corrected chi connectivity index (χ4v) is 4.58. The summed E-state index contributed by atoms with van der Waals surface area (Å²) in [5.41, 5.74) is 1.90. The first-order valence-electron chi connectivity index (χ1n) is 6.03. The van der Waals surface area contributed by atoms with Crippen molar-refractivity contribution in [3.8, 4) is 0 Å². The highest BCUT2D eigenvalue weighted by molar-refractivity contribution is 9.10. The van der Waals surface area contributed by atoms with Crippen LogP contribution in [0.25, 0.3) is 0 Å². The number of hydrogen-bond acceptors (Lipinski definition) is 3. The molecule has 96 valence electrons. The van der Waals surface area contributed by atoms with Crippen LogP contribution in [0.2, 0.25) is 0 Å². The van der Waals surface area contributed by atoms with E-state index < -0.39 is 5.97 Å².